The molecule has 7 heteroatoms. The number of aromatic nitrogens is 4. The summed E-state index contributed by atoms with van der Waals surface area (Å²) in [5.74, 6) is -0.269. The third-order valence-electron chi connectivity index (χ3n) is 2.92. The van der Waals surface area contributed by atoms with Crippen molar-refractivity contribution in [3.8, 4) is 5.82 Å². The standard InChI is InChI=1S/C13H12N4O2S/c1-2-3-9-8-6-10(13(18)19)20-12(8)17(16-9)11-4-5-14-7-15-11/h4-7H,2-3H2,1H3,(H,18,19). The molecule has 0 aliphatic carbocycles. The molecule has 0 unspecified atom stereocenters. The fourth-order valence-electron chi connectivity index (χ4n) is 2.06. The number of rotatable bonds is 4. The van der Waals surface area contributed by atoms with Crippen molar-refractivity contribution in [1.82, 2.24) is 19.7 Å². The molecule has 102 valence electrons. The second-order valence-corrected chi connectivity index (χ2v) is 5.34. The first-order valence-electron chi connectivity index (χ1n) is 6.22. The van der Waals surface area contributed by atoms with Crippen LogP contribution < -0.4 is 0 Å². The van der Waals surface area contributed by atoms with Crippen molar-refractivity contribution in [2.24, 2.45) is 0 Å². The van der Waals surface area contributed by atoms with E-state index in [2.05, 4.69) is 22.0 Å². The van der Waals surface area contributed by atoms with Crippen molar-refractivity contribution in [2.75, 3.05) is 0 Å². The van der Waals surface area contributed by atoms with Crippen LogP contribution in [0, 0.1) is 0 Å². The van der Waals surface area contributed by atoms with E-state index in [1.165, 1.54) is 17.7 Å². The highest BCUT2D eigenvalue weighted by Gasteiger charge is 2.18. The van der Waals surface area contributed by atoms with Gasteiger partial charge < -0.3 is 5.11 Å². The summed E-state index contributed by atoms with van der Waals surface area (Å²) in [5, 5.41) is 14.6. The number of aryl methyl sites for hydroxylation is 1. The molecule has 0 spiro atoms. The van der Waals surface area contributed by atoms with Gasteiger partial charge in [-0.25, -0.2) is 19.4 Å². The summed E-state index contributed by atoms with van der Waals surface area (Å²) in [6.07, 6.45) is 4.85. The minimum Gasteiger partial charge on any atom is -0.477 e. The second kappa shape index (κ2) is 5.01. The first kappa shape index (κ1) is 12.7. The Kier molecular flexibility index (Phi) is 3.19. The molecule has 1 N–H and O–H groups in total. The number of carbonyl (C=O) groups is 1. The normalized spacial score (nSPS) is 11.1. The zero-order valence-corrected chi connectivity index (χ0v) is 11.6. The summed E-state index contributed by atoms with van der Waals surface area (Å²) in [5.41, 5.74) is 0.907. The maximum absolute atomic E-state index is 11.1. The molecule has 0 aliphatic heterocycles. The van der Waals surface area contributed by atoms with Crippen molar-refractivity contribution >= 4 is 27.5 Å². The van der Waals surface area contributed by atoms with E-state index >= 15 is 0 Å². The molecule has 6 nitrogen and oxygen atoms in total. The molecule has 3 heterocycles. The molecule has 3 aromatic rings. The summed E-state index contributed by atoms with van der Waals surface area (Å²) in [4.78, 5) is 20.3. The SMILES string of the molecule is CCCc1nn(-c2ccncn2)c2sc(C(=O)O)cc12. The van der Waals surface area contributed by atoms with Crippen molar-refractivity contribution in [1.29, 1.82) is 0 Å². The first-order chi connectivity index (χ1) is 9.70. The number of nitrogens with zero attached hydrogens (tertiary/aromatic N) is 4. The Morgan fingerprint density at radius 1 is 1.50 bits per heavy atom. The van der Waals surface area contributed by atoms with Crippen LogP contribution in [0.4, 0.5) is 0 Å². The van der Waals surface area contributed by atoms with Crippen LogP contribution in [-0.4, -0.2) is 30.8 Å². The summed E-state index contributed by atoms with van der Waals surface area (Å²) < 4.78 is 1.69. The van der Waals surface area contributed by atoms with E-state index in [9.17, 15) is 4.79 Å². The molecule has 0 saturated carbocycles. The highest BCUT2D eigenvalue weighted by atomic mass is 32.1. The fraction of sp³-hybridized carbons (Fsp3) is 0.231. The van der Waals surface area contributed by atoms with Crippen LogP contribution in [0.25, 0.3) is 16.0 Å². The van der Waals surface area contributed by atoms with Gasteiger partial charge in [-0.05, 0) is 12.5 Å². The quantitative estimate of drug-likeness (QED) is 0.797. The number of aromatic carboxylic acids is 1. The van der Waals surface area contributed by atoms with E-state index < -0.39 is 5.97 Å². The third kappa shape index (κ3) is 2.05. The van der Waals surface area contributed by atoms with Crippen LogP contribution >= 0.6 is 11.3 Å². The summed E-state index contributed by atoms with van der Waals surface area (Å²) in [7, 11) is 0. The van der Waals surface area contributed by atoms with Crippen LogP contribution in [-0.2, 0) is 6.42 Å². The number of hydrogen-bond acceptors (Lipinski definition) is 5. The Balaban J connectivity index is 2.23. The van der Waals surface area contributed by atoms with Gasteiger partial charge in [0.05, 0.1) is 5.69 Å². The Bertz CT molecular complexity index is 763. The Morgan fingerprint density at radius 2 is 2.35 bits per heavy atom. The average Bonchev–Trinajstić information content (AvgIpc) is 3.01. The molecule has 0 radical (unpaired) electrons. The van der Waals surface area contributed by atoms with Crippen molar-refractivity contribution in [2.45, 2.75) is 19.8 Å². The van der Waals surface area contributed by atoms with Crippen molar-refractivity contribution in [3.05, 3.63) is 35.2 Å². The van der Waals surface area contributed by atoms with Gasteiger partial charge in [0.15, 0.2) is 5.82 Å². The lowest BCUT2D eigenvalue weighted by molar-refractivity contribution is 0.0702. The topological polar surface area (TPSA) is 80.9 Å². The van der Waals surface area contributed by atoms with Gasteiger partial charge in [-0.15, -0.1) is 11.3 Å². The zero-order valence-electron chi connectivity index (χ0n) is 10.8. The van der Waals surface area contributed by atoms with E-state index in [1.807, 2.05) is 0 Å². The van der Waals surface area contributed by atoms with Gasteiger partial charge in [0.2, 0.25) is 0 Å². The molecule has 0 atom stereocenters. The van der Waals surface area contributed by atoms with Gasteiger partial charge in [-0.1, -0.05) is 13.3 Å². The largest absolute Gasteiger partial charge is 0.477 e. The van der Waals surface area contributed by atoms with Gasteiger partial charge in [0.25, 0.3) is 0 Å². The van der Waals surface area contributed by atoms with Gasteiger partial charge in [-0.3, -0.25) is 0 Å². The smallest absolute Gasteiger partial charge is 0.345 e. The van der Waals surface area contributed by atoms with Crippen LogP contribution in [0.3, 0.4) is 0 Å². The summed E-state index contributed by atoms with van der Waals surface area (Å²) in [6, 6.07) is 3.44. The lowest BCUT2D eigenvalue weighted by Gasteiger charge is -1.99. The molecular weight excluding hydrogens is 276 g/mol. The highest BCUT2D eigenvalue weighted by molar-refractivity contribution is 7.20. The Labute approximate surface area is 118 Å². The third-order valence-corrected chi connectivity index (χ3v) is 4.02. The molecule has 0 bridgehead atoms. The number of carboxylic acids is 1. The maximum atomic E-state index is 11.1. The Morgan fingerprint density at radius 3 is 3.00 bits per heavy atom. The molecule has 0 saturated heterocycles. The molecule has 0 aromatic carbocycles. The van der Waals surface area contributed by atoms with Gasteiger partial charge in [-0.2, -0.15) is 5.10 Å². The zero-order chi connectivity index (χ0) is 14.1. The second-order valence-electron chi connectivity index (χ2n) is 4.31. The molecule has 0 fully saturated rings. The van der Waals surface area contributed by atoms with E-state index in [4.69, 9.17) is 5.11 Å². The first-order valence-corrected chi connectivity index (χ1v) is 7.03. The lowest BCUT2D eigenvalue weighted by Crippen LogP contribution is -2.00. The monoisotopic (exact) mass is 288 g/mol. The van der Waals surface area contributed by atoms with Gasteiger partial charge in [0.1, 0.15) is 16.0 Å². The maximum Gasteiger partial charge on any atom is 0.345 e. The molecule has 0 aliphatic rings. The van der Waals surface area contributed by atoms with Crippen LogP contribution in [0.1, 0.15) is 28.7 Å². The minimum atomic E-state index is -0.914. The minimum absolute atomic E-state index is 0.317. The number of fused-ring (bicyclic) bond motifs is 1. The number of thiophene rings is 1. The number of carboxylic acid groups (broad SMARTS) is 1. The predicted octanol–water partition coefficient (Wildman–Crippen LogP) is 2.53. The molecule has 3 rings (SSSR count). The summed E-state index contributed by atoms with van der Waals surface area (Å²) >= 11 is 1.21. The van der Waals surface area contributed by atoms with E-state index in [1.54, 1.807) is 23.0 Å². The fourth-order valence-corrected chi connectivity index (χ4v) is 3.04. The van der Waals surface area contributed by atoms with Gasteiger partial charge in [0, 0.05) is 17.6 Å². The van der Waals surface area contributed by atoms with Crippen LogP contribution in [0.5, 0.6) is 0 Å². The molecular formula is C13H12N4O2S. The van der Waals surface area contributed by atoms with E-state index in [-0.39, 0.29) is 0 Å². The van der Waals surface area contributed by atoms with Crippen LogP contribution in [0.15, 0.2) is 24.7 Å². The summed E-state index contributed by atoms with van der Waals surface area (Å²) in [6.45, 7) is 2.07. The van der Waals surface area contributed by atoms with Gasteiger partial charge >= 0.3 is 5.97 Å². The lowest BCUT2D eigenvalue weighted by atomic mass is 10.2. The highest BCUT2D eigenvalue weighted by Crippen LogP contribution is 2.30. The molecule has 0 amide bonds. The number of hydrogen-bond donors (Lipinski definition) is 1. The van der Waals surface area contributed by atoms with Crippen molar-refractivity contribution < 1.29 is 9.90 Å². The molecule has 20 heavy (non-hydrogen) atoms. The Hall–Kier alpha value is -2.28. The predicted molar refractivity (Wildman–Crippen MR) is 75.5 cm³/mol. The van der Waals surface area contributed by atoms with E-state index in [0.29, 0.717) is 10.7 Å². The average molecular weight is 288 g/mol. The van der Waals surface area contributed by atoms with Crippen LogP contribution in [0.2, 0.25) is 0 Å². The molecule has 3 aromatic heterocycles. The van der Waals surface area contributed by atoms with E-state index in [0.717, 1.165) is 28.8 Å². The van der Waals surface area contributed by atoms with Crippen molar-refractivity contribution in [3.63, 3.8) is 0 Å².